The smallest absolute Gasteiger partial charge is 0.333 e. The van der Waals surface area contributed by atoms with E-state index < -0.39 is 12.1 Å². The number of rotatable bonds is 6. The number of fused-ring (bicyclic) bond motifs is 3. The van der Waals surface area contributed by atoms with Crippen LogP contribution in [0.5, 0.6) is 0 Å². The number of aliphatic hydroxyl groups excluding tert-OH is 1. The molecule has 2 fully saturated rings. The minimum atomic E-state index is -0.535. The Morgan fingerprint density at radius 1 is 1.08 bits per heavy atom. The molecule has 1 atom stereocenters. The molecule has 0 spiro atoms. The Morgan fingerprint density at radius 3 is 2.64 bits per heavy atom. The Balaban J connectivity index is 1.19. The van der Waals surface area contributed by atoms with Crippen LogP contribution in [-0.2, 0) is 4.74 Å². The summed E-state index contributed by atoms with van der Waals surface area (Å²) in [5.41, 5.74) is 5.27. The molecule has 1 aromatic carbocycles. The highest BCUT2D eigenvalue weighted by Crippen LogP contribution is 2.49. The molecule has 2 aromatic rings. The number of ether oxygens (including phenoxy) is 1. The highest BCUT2D eigenvalue weighted by Gasteiger charge is 2.42. The van der Waals surface area contributed by atoms with Gasteiger partial charge in [0.05, 0.1) is 46.4 Å². The number of Topliss-reactive ketones (excluding diaryl/α,β-unsaturated/α-hetero) is 1. The lowest BCUT2D eigenvalue weighted by Crippen LogP contribution is -2.49. The molecular weight excluding hydrogens is 522 g/mol. The van der Waals surface area contributed by atoms with Crippen molar-refractivity contribution in [3.8, 4) is 0 Å². The van der Waals surface area contributed by atoms with Crippen LogP contribution in [0, 0.1) is 0 Å². The van der Waals surface area contributed by atoms with Crippen LogP contribution in [0.4, 0.5) is 10.5 Å². The number of hydrogen-bond donors (Lipinski definition) is 3. The van der Waals surface area contributed by atoms with Crippen LogP contribution in [0.3, 0.4) is 0 Å². The summed E-state index contributed by atoms with van der Waals surface area (Å²) < 4.78 is 5.31. The summed E-state index contributed by atoms with van der Waals surface area (Å²) in [6, 6.07) is 7.95. The lowest BCUT2D eigenvalue weighted by atomic mass is 10.1. The molecule has 0 saturated carbocycles. The van der Waals surface area contributed by atoms with Crippen LogP contribution in [0.25, 0.3) is 5.70 Å². The van der Waals surface area contributed by atoms with E-state index in [9.17, 15) is 14.4 Å². The van der Waals surface area contributed by atoms with E-state index in [0.717, 1.165) is 13.1 Å². The number of carbonyl (C=O) groups excluding carboxylic acids is 3. The number of hydrogen-bond acceptors (Lipinski definition) is 10. The third-order valence-corrected chi connectivity index (χ3v) is 8.39. The fourth-order valence-electron chi connectivity index (χ4n) is 5.30. The first-order valence-electron chi connectivity index (χ1n) is 13.0. The number of nitrogens with one attached hydrogen (secondary N) is 2. The minimum absolute atomic E-state index is 0.0502. The molecule has 12 nitrogen and oxygen atoms in total. The quantitative estimate of drug-likeness (QED) is 0.499. The van der Waals surface area contributed by atoms with Crippen LogP contribution in [0.15, 0.2) is 46.1 Å². The molecule has 3 N–H and O–H groups in total. The zero-order valence-electron chi connectivity index (χ0n) is 21.3. The highest BCUT2D eigenvalue weighted by molar-refractivity contribution is 7.15. The predicted molar refractivity (Wildman–Crippen MR) is 144 cm³/mol. The monoisotopic (exact) mass is 551 g/mol. The summed E-state index contributed by atoms with van der Waals surface area (Å²) in [5, 5.41) is 22.5. The molecule has 0 bridgehead atoms. The van der Waals surface area contributed by atoms with Crippen molar-refractivity contribution in [2.24, 2.45) is 10.2 Å². The molecule has 3 aliphatic heterocycles. The number of amides is 3. The number of aliphatic hydroxyl groups is 1. The van der Waals surface area contributed by atoms with Crippen molar-refractivity contribution in [1.82, 2.24) is 20.2 Å². The van der Waals surface area contributed by atoms with E-state index in [1.165, 1.54) is 11.3 Å². The van der Waals surface area contributed by atoms with Crippen LogP contribution < -0.4 is 10.7 Å². The lowest BCUT2D eigenvalue weighted by Gasteiger charge is -2.34. The van der Waals surface area contributed by atoms with Crippen molar-refractivity contribution in [3.05, 3.63) is 56.8 Å². The Kier molecular flexibility index (Phi) is 7.23. The molecule has 1 aromatic heterocycles. The van der Waals surface area contributed by atoms with Gasteiger partial charge in [-0.1, -0.05) is 12.1 Å². The standard InChI is InChI=1S/C26H29N7O5S/c34-13-10-31-6-8-32(9-7-31)25(36)19-5-4-18(39-19)23-21-22(28-29-23)16-2-1-3-17(20(16)24(21)35)27-26(37)30-33-11-14-38-15-12-33/h1-5,22,34H,6-15H2,(H2,27,30,37). The van der Waals surface area contributed by atoms with E-state index in [1.54, 1.807) is 23.2 Å². The fraction of sp³-hybridized carbons (Fsp3) is 0.423. The first kappa shape index (κ1) is 25.8. The van der Waals surface area contributed by atoms with Crippen molar-refractivity contribution in [3.63, 3.8) is 0 Å². The first-order valence-corrected chi connectivity index (χ1v) is 13.8. The number of ketones is 1. The van der Waals surface area contributed by atoms with E-state index in [-0.39, 0.29) is 18.3 Å². The van der Waals surface area contributed by atoms with Gasteiger partial charge in [0.25, 0.3) is 5.91 Å². The van der Waals surface area contributed by atoms with Crippen LogP contribution in [-0.4, -0.2) is 103 Å². The first-order chi connectivity index (χ1) is 19.0. The normalized spacial score (nSPS) is 21.3. The third-order valence-electron chi connectivity index (χ3n) is 7.31. The van der Waals surface area contributed by atoms with Crippen LogP contribution in [0.1, 0.15) is 36.5 Å². The number of anilines is 1. The Labute approximate surface area is 228 Å². The fourth-order valence-corrected chi connectivity index (χ4v) is 6.27. The summed E-state index contributed by atoms with van der Waals surface area (Å²) in [7, 11) is 0. The summed E-state index contributed by atoms with van der Waals surface area (Å²) >= 11 is 1.30. The maximum absolute atomic E-state index is 13.7. The van der Waals surface area contributed by atoms with Gasteiger partial charge in [0, 0.05) is 45.8 Å². The molecule has 39 heavy (non-hydrogen) atoms. The second-order valence-corrected chi connectivity index (χ2v) is 10.7. The van der Waals surface area contributed by atoms with Gasteiger partial charge in [-0.25, -0.2) is 9.80 Å². The van der Waals surface area contributed by atoms with E-state index in [0.29, 0.717) is 83.8 Å². The number of β-amino-alcohol motifs (C(OH)–C–C–N with tert-alkyl or cyclic N) is 1. The van der Waals surface area contributed by atoms with Crippen molar-refractivity contribution in [2.75, 3.05) is 71.0 Å². The highest BCUT2D eigenvalue weighted by atomic mass is 32.1. The molecule has 13 heteroatoms. The maximum atomic E-state index is 13.7. The molecule has 0 radical (unpaired) electrons. The largest absolute Gasteiger partial charge is 0.395 e. The van der Waals surface area contributed by atoms with Crippen molar-refractivity contribution < 1.29 is 24.2 Å². The molecule has 4 aliphatic rings. The Hall–Kier alpha value is -3.49. The molecule has 1 aliphatic carbocycles. The number of piperazine rings is 1. The third kappa shape index (κ3) is 4.99. The minimum Gasteiger partial charge on any atom is -0.395 e. The van der Waals surface area contributed by atoms with E-state index in [4.69, 9.17) is 9.84 Å². The van der Waals surface area contributed by atoms with Crippen molar-refractivity contribution in [1.29, 1.82) is 0 Å². The average molecular weight is 552 g/mol. The van der Waals surface area contributed by atoms with Gasteiger partial charge in [0.2, 0.25) is 0 Å². The molecule has 2 saturated heterocycles. The van der Waals surface area contributed by atoms with Gasteiger partial charge in [-0.15, -0.1) is 11.3 Å². The number of morpholine rings is 1. The zero-order chi connectivity index (χ0) is 26.9. The van der Waals surface area contributed by atoms with Gasteiger partial charge in [-0.2, -0.15) is 10.2 Å². The Bertz CT molecular complexity index is 1360. The average Bonchev–Trinajstić information content (AvgIpc) is 3.67. The van der Waals surface area contributed by atoms with E-state index in [2.05, 4.69) is 25.9 Å². The summed E-state index contributed by atoms with van der Waals surface area (Å²) in [6.45, 7) is 5.63. The number of carbonyl (C=O) groups is 3. The molecule has 6 rings (SSSR count). The number of urea groups is 1. The molecule has 1 unspecified atom stereocenters. The van der Waals surface area contributed by atoms with Crippen LogP contribution in [0.2, 0.25) is 0 Å². The summed E-state index contributed by atoms with van der Waals surface area (Å²) in [5.74, 6) is -0.274. The van der Waals surface area contributed by atoms with Gasteiger partial charge >= 0.3 is 6.03 Å². The van der Waals surface area contributed by atoms with Crippen molar-refractivity contribution in [2.45, 2.75) is 6.04 Å². The topological polar surface area (TPSA) is 139 Å². The number of nitrogens with zero attached hydrogens (tertiary/aromatic N) is 5. The number of azo groups is 1. The summed E-state index contributed by atoms with van der Waals surface area (Å²) in [6.07, 6.45) is 0. The molecule has 4 heterocycles. The molecule has 204 valence electrons. The Morgan fingerprint density at radius 2 is 1.87 bits per heavy atom. The van der Waals surface area contributed by atoms with Gasteiger partial charge in [0.15, 0.2) is 5.78 Å². The summed E-state index contributed by atoms with van der Waals surface area (Å²) in [4.78, 5) is 44.7. The van der Waals surface area contributed by atoms with Crippen LogP contribution >= 0.6 is 11.3 Å². The van der Waals surface area contributed by atoms with Gasteiger partial charge in [-0.3, -0.25) is 19.9 Å². The second kappa shape index (κ2) is 10.9. The zero-order valence-corrected chi connectivity index (χ0v) is 22.1. The van der Waals surface area contributed by atoms with E-state index >= 15 is 0 Å². The van der Waals surface area contributed by atoms with Gasteiger partial charge < -0.3 is 20.1 Å². The number of benzene rings is 1. The SMILES string of the molecule is O=C(Nc1cccc2c1C(=O)C1=C(c3ccc(C(=O)N4CCN(CCO)CC4)s3)N=NC12)NN1CCOCC1. The van der Waals surface area contributed by atoms with E-state index in [1.807, 2.05) is 17.0 Å². The maximum Gasteiger partial charge on any atom is 0.333 e. The predicted octanol–water partition coefficient (Wildman–Crippen LogP) is 1.98. The van der Waals surface area contributed by atoms with Gasteiger partial charge in [0.1, 0.15) is 11.7 Å². The number of thiophene rings is 1. The number of hydrazine groups is 1. The lowest BCUT2D eigenvalue weighted by molar-refractivity contribution is 0.0207. The second-order valence-electron chi connectivity index (χ2n) is 9.67. The molecule has 3 amide bonds. The van der Waals surface area contributed by atoms with Crippen molar-refractivity contribution >= 4 is 40.4 Å². The van der Waals surface area contributed by atoms with Gasteiger partial charge in [-0.05, 0) is 23.8 Å². The molecular formula is C26H29N7O5S.